The van der Waals surface area contributed by atoms with Crippen molar-refractivity contribution >= 4 is 17.5 Å². The molecule has 2 aliphatic heterocycles. The summed E-state index contributed by atoms with van der Waals surface area (Å²) in [4.78, 5) is 29.9. The first-order chi connectivity index (χ1) is 15.2. The molecule has 1 aromatic heterocycles. The molecule has 4 rings (SSSR count). The molecule has 0 bridgehead atoms. The number of halogens is 3. The Morgan fingerprint density at radius 1 is 1.22 bits per heavy atom. The van der Waals surface area contributed by atoms with Crippen molar-refractivity contribution in [1.82, 2.24) is 20.7 Å². The van der Waals surface area contributed by atoms with Crippen molar-refractivity contribution in [2.24, 2.45) is 0 Å². The molecule has 0 saturated carbocycles. The molecule has 3 N–H and O–H groups in total. The number of hydrogen-bond acceptors (Lipinski definition) is 6. The van der Waals surface area contributed by atoms with Crippen LogP contribution in [-0.2, 0) is 9.59 Å². The predicted molar refractivity (Wildman–Crippen MR) is 108 cm³/mol. The summed E-state index contributed by atoms with van der Waals surface area (Å²) < 4.78 is 46.5. The Kier molecular flexibility index (Phi) is 5.51. The van der Waals surface area contributed by atoms with E-state index in [0.717, 1.165) is 5.01 Å². The molecule has 168 valence electrons. The second-order valence-corrected chi connectivity index (χ2v) is 7.39. The SMILES string of the molecule is COc1cc(NC(=O)C2=C(C)NC3C(c4ccccc4)C(C(F)(F)F)NN3C2=O)ccn1. The van der Waals surface area contributed by atoms with Crippen LogP contribution in [-0.4, -0.2) is 47.3 Å². The average Bonchev–Trinajstić information content (AvgIpc) is 3.14. The maximum absolute atomic E-state index is 13.8. The average molecular weight is 447 g/mol. The van der Waals surface area contributed by atoms with E-state index in [1.807, 2.05) is 0 Å². The number of amides is 2. The highest BCUT2D eigenvalue weighted by molar-refractivity contribution is 6.23. The van der Waals surface area contributed by atoms with E-state index in [9.17, 15) is 22.8 Å². The molecule has 3 unspecified atom stereocenters. The number of ether oxygens (including phenoxy) is 1. The molecule has 1 aromatic carbocycles. The lowest BCUT2D eigenvalue weighted by molar-refractivity contribution is -0.161. The Morgan fingerprint density at radius 3 is 2.59 bits per heavy atom. The third-order valence-corrected chi connectivity index (χ3v) is 5.39. The van der Waals surface area contributed by atoms with Gasteiger partial charge < -0.3 is 15.4 Å². The van der Waals surface area contributed by atoms with Crippen molar-refractivity contribution < 1.29 is 27.5 Å². The number of hydrogen-bond donors (Lipinski definition) is 3. The van der Waals surface area contributed by atoms with Crippen molar-refractivity contribution in [2.45, 2.75) is 31.2 Å². The zero-order valence-electron chi connectivity index (χ0n) is 17.1. The number of carbonyl (C=O) groups is 2. The fourth-order valence-electron chi connectivity index (χ4n) is 3.95. The smallest absolute Gasteiger partial charge is 0.406 e. The summed E-state index contributed by atoms with van der Waals surface area (Å²) in [5.41, 5.74) is 2.90. The van der Waals surface area contributed by atoms with Crippen molar-refractivity contribution in [3.63, 3.8) is 0 Å². The summed E-state index contributed by atoms with van der Waals surface area (Å²) in [6.07, 6.45) is -4.23. The quantitative estimate of drug-likeness (QED) is 0.623. The molecule has 2 aromatic rings. The standard InChI is InChI=1S/C21H20F3N5O3/c1-11-15(19(30)27-13-8-9-25-14(10-13)32-2)20(31)29-18(26-11)16(12-6-4-3-5-7-12)17(28-29)21(22,23)24/h3-10,16-18,26,28H,1-2H3,(H,25,27,30). The van der Waals surface area contributed by atoms with Gasteiger partial charge in [0.1, 0.15) is 17.8 Å². The highest BCUT2D eigenvalue weighted by Crippen LogP contribution is 2.41. The summed E-state index contributed by atoms with van der Waals surface area (Å²) in [6, 6.07) is 9.09. The van der Waals surface area contributed by atoms with Crippen LogP contribution in [0.15, 0.2) is 59.9 Å². The fraction of sp³-hybridized carbons (Fsp3) is 0.286. The number of allylic oxidation sites excluding steroid dienone is 1. The van der Waals surface area contributed by atoms with Crippen LogP contribution >= 0.6 is 0 Å². The second kappa shape index (κ2) is 8.15. The molecule has 3 atom stereocenters. The Hall–Kier alpha value is -3.60. The first kappa shape index (κ1) is 21.6. The Morgan fingerprint density at radius 2 is 1.94 bits per heavy atom. The lowest BCUT2D eigenvalue weighted by Crippen LogP contribution is -2.56. The van der Waals surface area contributed by atoms with Gasteiger partial charge in [-0.15, -0.1) is 0 Å². The molecule has 11 heteroatoms. The highest BCUT2D eigenvalue weighted by Gasteiger charge is 2.58. The number of nitrogens with zero attached hydrogens (tertiary/aromatic N) is 2. The van der Waals surface area contributed by atoms with Crippen molar-refractivity contribution in [2.75, 3.05) is 12.4 Å². The lowest BCUT2D eigenvalue weighted by Gasteiger charge is -2.34. The number of pyridine rings is 1. The van der Waals surface area contributed by atoms with Gasteiger partial charge in [0.2, 0.25) is 5.88 Å². The number of nitrogens with one attached hydrogen (secondary N) is 3. The van der Waals surface area contributed by atoms with Crippen LogP contribution in [0.3, 0.4) is 0 Å². The number of rotatable bonds is 4. The molecule has 1 fully saturated rings. The zero-order chi connectivity index (χ0) is 23.0. The molecule has 3 heterocycles. The summed E-state index contributed by atoms with van der Waals surface area (Å²) >= 11 is 0. The van der Waals surface area contributed by atoms with Crippen LogP contribution in [0, 0.1) is 0 Å². The van der Waals surface area contributed by atoms with Crippen LogP contribution in [0.4, 0.5) is 18.9 Å². The van der Waals surface area contributed by atoms with E-state index >= 15 is 0 Å². The zero-order valence-corrected chi connectivity index (χ0v) is 17.1. The molecule has 2 amide bonds. The van der Waals surface area contributed by atoms with E-state index in [0.29, 0.717) is 11.3 Å². The number of benzene rings is 1. The van der Waals surface area contributed by atoms with E-state index in [1.165, 1.54) is 32.4 Å². The van der Waals surface area contributed by atoms with Gasteiger partial charge in [0.05, 0.1) is 13.0 Å². The molecule has 0 radical (unpaired) electrons. The van der Waals surface area contributed by atoms with Gasteiger partial charge in [-0.05, 0) is 18.6 Å². The van der Waals surface area contributed by atoms with Crippen molar-refractivity contribution in [1.29, 1.82) is 0 Å². The van der Waals surface area contributed by atoms with Crippen molar-refractivity contribution in [3.05, 3.63) is 65.5 Å². The first-order valence-electron chi connectivity index (χ1n) is 9.71. The summed E-state index contributed by atoms with van der Waals surface area (Å²) in [5, 5.41) is 6.33. The van der Waals surface area contributed by atoms with Crippen LogP contribution in [0.25, 0.3) is 0 Å². The highest BCUT2D eigenvalue weighted by atomic mass is 19.4. The number of anilines is 1. The minimum absolute atomic E-state index is 0.181. The predicted octanol–water partition coefficient (Wildman–Crippen LogP) is 2.29. The topological polar surface area (TPSA) is 95.6 Å². The molecular formula is C21H20F3N5O3. The summed E-state index contributed by atoms with van der Waals surface area (Å²) in [5.74, 6) is -2.47. The fourth-order valence-corrected chi connectivity index (χ4v) is 3.95. The summed E-state index contributed by atoms with van der Waals surface area (Å²) in [7, 11) is 1.41. The molecule has 8 nitrogen and oxygen atoms in total. The lowest BCUT2D eigenvalue weighted by atomic mass is 9.89. The van der Waals surface area contributed by atoms with Gasteiger partial charge >= 0.3 is 6.18 Å². The number of aromatic nitrogens is 1. The third kappa shape index (κ3) is 3.86. The molecule has 0 aliphatic carbocycles. The van der Waals surface area contributed by atoms with Gasteiger partial charge in [-0.3, -0.25) is 9.59 Å². The minimum Gasteiger partial charge on any atom is -0.481 e. The van der Waals surface area contributed by atoms with Gasteiger partial charge in [0, 0.05) is 23.6 Å². The van der Waals surface area contributed by atoms with E-state index < -0.39 is 36.1 Å². The molecular weight excluding hydrogens is 427 g/mol. The maximum Gasteiger partial charge on any atom is 0.406 e. The third-order valence-electron chi connectivity index (χ3n) is 5.39. The number of fused-ring (bicyclic) bond motifs is 1. The Balaban J connectivity index is 1.65. The monoisotopic (exact) mass is 447 g/mol. The number of hydrazine groups is 1. The maximum atomic E-state index is 13.8. The minimum atomic E-state index is -4.62. The van der Waals surface area contributed by atoms with Gasteiger partial charge in [-0.2, -0.15) is 13.2 Å². The van der Waals surface area contributed by atoms with E-state index in [-0.39, 0.29) is 17.2 Å². The Labute approximate surface area is 181 Å². The molecule has 0 spiro atoms. The van der Waals surface area contributed by atoms with E-state index in [4.69, 9.17) is 4.74 Å². The largest absolute Gasteiger partial charge is 0.481 e. The van der Waals surface area contributed by atoms with E-state index in [2.05, 4.69) is 21.0 Å². The van der Waals surface area contributed by atoms with Crippen molar-refractivity contribution in [3.8, 4) is 5.88 Å². The second-order valence-electron chi connectivity index (χ2n) is 7.39. The van der Waals surface area contributed by atoms with Gasteiger partial charge in [-0.1, -0.05) is 30.3 Å². The number of carbonyl (C=O) groups excluding carboxylic acids is 2. The molecule has 2 aliphatic rings. The van der Waals surface area contributed by atoms with E-state index in [1.54, 1.807) is 30.3 Å². The Bertz CT molecular complexity index is 1070. The van der Waals surface area contributed by atoms with Crippen LogP contribution < -0.4 is 20.8 Å². The number of methoxy groups -OCH3 is 1. The van der Waals surface area contributed by atoms with Gasteiger partial charge in [0.15, 0.2) is 0 Å². The van der Waals surface area contributed by atoms with Crippen LogP contribution in [0.5, 0.6) is 5.88 Å². The number of alkyl halides is 3. The molecule has 1 saturated heterocycles. The van der Waals surface area contributed by atoms with Crippen LogP contribution in [0.2, 0.25) is 0 Å². The van der Waals surface area contributed by atoms with Crippen LogP contribution in [0.1, 0.15) is 18.4 Å². The normalized spacial score (nSPS) is 23.0. The summed E-state index contributed by atoms with van der Waals surface area (Å²) in [6.45, 7) is 1.49. The molecule has 32 heavy (non-hydrogen) atoms. The van der Waals surface area contributed by atoms with Gasteiger partial charge in [-0.25, -0.2) is 15.4 Å². The first-order valence-corrected chi connectivity index (χ1v) is 9.71. The van der Waals surface area contributed by atoms with Gasteiger partial charge in [0.25, 0.3) is 11.8 Å².